The SMILES string of the molecule is C=C(C)C(=O)Nc1ccc(-c2c(C3=CC[C@H](C(=O)N4CCC[C@@H]4C4CC4)CC3)c3c(N)ncnc3n2C)cc1. The summed E-state index contributed by atoms with van der Waals surface area (Å²) >= 11 is 0. The normalized spacial score (nSPS) is 21.2. The van der Waals surface area contributed by atoms with Crippen molar-refractivity contribution in [3.63, 3.8) is 0 Å². The zero-order chi connectivity index (χ0) is 27.3. The van der Waals surface area contributed by atoms with E-state index in [0.29, 0.717) is 29.0 Å². The summed E-state index contributed by atoms with van der Waals surface area (Å²) in [5.41, 5.74) is 12.6. The van der Waals surface area contributed by atoms with Gasteiger partial charge in [0.1, 0.15) is 17.8 Å². The molecule has 0 radical (unpaired) electrons. The first-order valence-corrected chi connectivity index (χ1v) is 14.0. The Kier molecular flexibility index (Phi) is 6.49. The molecule has 3 aromatic rings. The summed E-state index contributed by atoms with van der Waals surface area (Å²) in [7, 11) is 1.99. The van der Waals surface area contributed by atoms with Crippen LogP contribution in [0.5, 0.6) is 0 Å². The lowest BCUT2D eigenvalue weighted by Gasteiger charge is -2.30. The monoisotopic (exact) mass is 524 g/mol. The molecular formula is C31H36N6O2. The van der Waals surface area contributed by atoms with Crippen molar-refractivity contribution in [3.8, 4) is 11.3 Å². The number of nitrogen functional groups attached to an aromatic ring is 1. The molecule has 2 atom stereocenters. The summed E-state index contributed by atoms with van der Waals surface area (Å²) < 4.78 is 2.06. The number of benzene rings is 1. The minimum atomic E-state index is -0.204. The van der Waals surface area contributed by atoms with Crippen molar-refractivity contribution in [2.45, 2.75) is 57.9 Å². The highest BCUT2D eigenvalue weighted by molar-refractivity contribution is 6.05. The van der Waals surface area contributed by atoms with Gasteiger partial charge in [-0.05, 0) is 81.1 Å². The number of hydrogen-bond acceptors (Lipinski definition) is 5. The van der Waals surface area contributed by atoms with E-state index in [0.717, 1.165) is 66.0 Å². The zero-order valence-electron chi connectivity index (χ0n) is 22.7. The molecule has 2 amide bonds. The molecule has 1 aromatic carbocycles. The summed E-state index contributed by atoms with van der Waals surface area (Å²) in [5, 5.41) is 3.71. The number of allylic oxidation sites excluding steroid dienone is 2. The molecular weight excluding hydrogens is 488 g/mol. The van der Waals surface area contributed by atoms with Gasteiger partial charge in [0.2, 0.25) is 5.91 Å². The number of nitrogens with two attached hydrogens (primary N) is 1. The standard InChI is InChI=1S/C31H36N6O2/c1-18(2)30(38)35-23-14-12-21(13-15-23)27-25(26-28(32)33-17-34-29(26)36(27)3)20-8-10-22(11-9-20)31(39)37-16-4-5-24(37)19-6-7-19/h8,12-15,17,19,22,24H,1,4-7,9-11,16H2,2-3H3,(H,35,38)(H2,32,33,34)/t22-,24+/m0/s1. The first-order chi connectivity index (χ1) is 18.8. The van der Waals surface area contributed by atoms with Gasteiger partial charge in [-0.15, -0.1) is 0 Å². The van der Waals surface area contributed by atoms with E-state index in [-0.39, 0.29) is 11.8 Å². The Morgan fingerprint density at radius 1 is 1.10 bits per heavy atom. The van der Waals surface area contributed by atoms with Gasteiger partial charge >= 0.3 is 0 Å². The number of carbonyl (C=O) groups excluding carboxylic acids is 2. The topological polar surface area (TPSA) is 106 Å². The molecule has 3 heterocycles. The number of fused-ring (bicyclic) bond motifs is 1. The molecule has 2 aliphatic carbocycles. The van der Waals surface area contributed by atoms with E-state index in [1.807, 2.05) is 31.3 Å². The molecule has 6 rings (SSSR count). The Morgan fingerprint density at radius 2 is 1.87 bits per heavy atom. The van der Waals surface area contributed by atoms with Gasteiger partial charge < -0.3 is 20.5 Å². The second-order valence-electron chi connectivity index (χ2n) is 11.3. The van der Waals surface area contributed by atoms with Gasteiger partial charge in [0.15, 0.2) is 0 Å². The largest absolute Gasteiger partial charge is 0.383 e. The lowest BCUT2D eigenvalue weighted by molar-refractivity contribution is -0.137. The van der Waals surface area contributed by atoms with Gasteiger partial charge in [-0.25, -0.2) is 9.97 Å². The number of nitrogens with one attached hydrogen (secondary N) is 1. The minimum absolute atomic E-state index is 0.0383. The summed E-state index contributed by atoms with van der Waals surface area (Å²) in [6, 6.07) is 8.24. The van der Waals surface area contributed by atoms with Crippen molar-refractivity contribution in [2.24, 2.45) is 18.9 Å². The zero-order valence-corrected chi connectivity index (χ0v) is 22.7. The van der Waals surface area contributed by atoms with Crippen molar-refractivity contribution >= 4 is 39.9 Å². The van der Waals surface area contributed by atoms with Gasteiger partial charge in [0.05, 0.1) is 11.1 Å². The Labute approximate surface area is 229 Å². The van der Waals surface area contributed by atoms with E-state index < -0.39 is 0 Å². The highest BCUT2D eigenvalue weighted by Crippen LogP contribution is 2.44. The van der Waals surface area contributed by atoms with Gasteiger partial charge in [-0.1, -0.05) is 24.8 Å². The molecule has 2 aromatic heterocycles. The van der Waals surface area contributed by atoms with Gasteiger partial charge in [0, 0.05) is 42.4 Å². The molecule has 39 heavy (non-hydrogen) atoms. The van der Waals surface area contributed by atoms with Gasteiger partial charge in [-0.2, -0.15) is 0 Å². The molecule has 3 aliphatic rings. The predicted molar refractivity (Wildman–Crippen MR) is 155 cm³/mol. The molecule has 1 saturated carbocycles. The van der Waals surface area contributed by atoms with Crippen LogP contribution in [0, 0.1) is 11.8 Å². The van der Waals surface area contributed by atoms with E-state index in [1.54, 1.807) is 6.92 Å². The number of aromatic nitrogens is 3. The number of aryl methyl sites for hydroxylation is 1. The molecule has 202 valence electrons. The third-order valence-corrected chi connectivity index (χ3v) is 8.63. The van der Waals surface area contributed by atoms with Crippen LogP contribution in [0.1, 0.15) is 57.4 Å². The number of rotatable bonds is 6. The average Bonchev–Trinajstić information content (AvgIpc) is 3.59. The molecule has 3 N–H and O–H groups in total. The van der Waals surface area contributed by atoms with Crippen molar-refractivity contribution in [1.82, 2.24) is 19.4 Å². The van der Waals surface area contributed by atoms with Gasteiger partial charge in [0.25, 0.3) is 5.91 Å². The number of hydrogen-bond donors (Lipinski definition) is 2. The number of carbonyl (C=O) groups is 2. The molecule has 0 unspecified atom stereocenters. The van der Waals surface area contributed by atoms with E-state index in [2.05, 4.69) is 37.4 Å². The predicted octanol–water partition coefficient (Wildman–Crippen LogP) is 5.32. The summed E-state index contributed by atoms with van der Waals surface area (Å²) in [6.45, 7) is 6.30. The number of amides is 2. The third-order valence-electron chi connectivity index (χ3n) is 8.63. The maximum atomic E-state index is 13.5. The maximum Gasteiger partial charge on any atom is 0.250 e. The quantitative estimate of drug-likeness (QED) is 0.425. The molecule has 1 saturated heterocycles. The van der Waals surface area contributed by atoms with Crippen LogP contribution >= 0.6 is 0 Å². The van der Waals surface area contributed by atoms with Crippen LogP contribution in [-0.2, 0) is 16.6 Å². The first kappa shape index (κ1) is 25.3. The smallest absolute Gasteiger partial charge is 0.250 e. The lowest BCUT2D eigenvalue weighted by Crippen LogP contribution is -2.41. The van der Waals surface area contributed by atoms with E-state index >= 15 is 0 Å². The van der Waals surface area contributed by atoms with Crippen LogP contribution in [0.2, 0.25) is 0 Å². The van der Waals surface area contributed by atoms with Crippen LogP contribution in [0.3, 0.4) is 0 Å². The Bertz CT molecular complexity index is 1500. The van der Waals surface area contributed by atoms with Crippen molar-refractivity contribution in [1.29, 1.82) is 0 Å². The molecule has 0 spiro atoms. The second-order valence-corrected chi connectivity index (χ2v) is 11.3. The van der Waals surface area contributed by atoms with Crippen LogP contribution in [0.25, 0.3) is 27.9 Å². The van der Waals surface area contributed by atoms with Gasteiger partial charge in [-0.3, -0.25) is 9.59 Å². The highest BCUT2D eigenvalue weighted by atomic mass is 16.2. The number of likely N-dealkylation sites (tertiary alicyclic amines) is 1. The van der Waals surface area contributed by atoms with Crippen molar-refractivity contribution in [2.75, 3.05) is 17.6 Å². The molecule has 1 aliphatic heterocycles. The second kappa shape index (κ2) is 9.98. The Balaban J connectivity index is 1.33. The lowest BCUT2D eigenvalue weighted by atomic mass is 9.84. The van der Waals surface area contributed by atoms with E-state index in [1.165, 1.54) is 31.2 Å². The van der Waals surface area contributed by atoms with Crippen LogP contribution in [0.4, 0.5) is 11.5 Å². The minimum Gasteiger partial charge on any atom is -0.383 e. The van der Waals surface area contributed by atoms with E-state index in [4.69, 9.17) is 5.73 Å². The fourth-order valence-electron chi connectivity index (χ4n) is 6.43. The summed E-state index contributed by atoms with van der Waals surface area (Å²) in [6.07, 6.45) is 10.9. The highest BCUT2D eigenvalue weighted by Gasteiger charge is 2.41. The maximum absolute atomic E-state index is 13.5. The van der Waals surface area contributed by atoms with Crippen LogP contribution < -0.4 is 11.1 Å². The van der Waals surface area contributed by atoms with Crippen molar-refractivity contribution < 1.29 is 9.59 Å². The molecule has 2 fully saturated rings. The fraction of sp³-hybridized carbons (Fsp3) is 0.419. The van der Waals surface area contributed by atoms with Crippen LogP contribution in [0.15, 0.2) is 48.8 Å². The number of anilines is 2. The van der Waals surface area contributed by atoms with E-state index in [9.17, 15) is 9.59 Å². The third kappa shape index (κ3) is 4.62. The van der Waals surface area contributed by atoms with Crippen LogP contribution in [-0.4, -0.2) is 43.8 Å². The Morgan fingerprint density at radius 3 is 2.54 bits per heavy atom. The first-order valence-electron chi connectivity index (χ1n) is 14.0. The number of nitrogens with zero attached hydrogens (tertiary/aromatic N) is 4. The fourth-order valence-corrected chi connectivity index (χ4v) is 6.43. The molecule has 8 nitrogen and oxygen atoms in total. The summed E-state index contributed by atoms with van der Waals surface area (Å²) in [5.74, 6) is 1.35. The average molecular weight is 525 g/mol. The Hall–Kier alpha value is -3.94. The van der Waals surface area contributed by atoms with Crippen molar-refractivity contribution in [3.05, 3.63) is 54.4 Å². The molecule has 8 heteroatoms. The molecule has 0 bridgehead atoms. The summed E-state index contributed by atoms with van der Waals surface area (Å²) in [4.78, 5) is 36.7.